The number of likely N-dealkylation sites (tertiary alicyclic amines) is 1. The minimum Gasteiger partial charge on any atom is -0.329 e. The van der Waals surface area contributed by atoms with Crippen LogP contribution in [0.25, 0.3) is 0 Å². The largest absolute Gasteiger partial charge is 0.329 e. The van der Waals surface area contributed by atoms with E-state index in [1.165, 1.54) is 77.3 Å². The number of nitrogens with zero attached hydrogens (tertiary/aromatic N) is 1. The lowest BCUT2D eigenvalue weighted by molar-refractivity contribution is 0.0591. The molecule has 1 aliphatic carbocycles. The first-order chi connectivity index (χ1) is 8.80. The SMILES string of the molecule is CCCC1CCCN(C2(CN)CCCCC2)CC1. The Bertz CT molecular complexity index is 233. The molecule has 1 heterocycles. The smallest absolute Gasteiger partial charge is 0.0331 e. The van der Waals surface area contributed by atoms with Crippen molar-refractivity contribution in [1.29, 1.82) is 0 Å². The third-order valence-electron chi connectivity index (χ3n) is 5.38. The zero-order valence-electron chi connectivity index (χ0n) is 12.3. The molecule has 2 nitrogen and oxygen atoms in total. The van der Waals surface area contributed by atoms with Crippen LogP contribution in [0.3, 0.4) is 0 Å². The van der Waals surface area contributed by atoms with Crippen LogP contribution in [0, 0.1) is 5.92 Å². The monoisotopic (exact) mass is 252 g/mol. The summed E-state index contributed by atoms with van der Waals surface area (Å²) < 4.78 is 0. The number of hydrogen-bond donors (Lipinski definition) is 1. The molecule has 1 saturated heterocycles. The summed E-state index contributed by atoms with van der Waals surface area (Å²) in [5, 5.41) is 0. The first kappa shape index (κ1) is 14.3. The van der Waals surface area contributed by atoms with Crippen LogP contribution < -0.4 is 5.73 Å². The van der Waals surface area contributed by atoms with Crippen LogP contribution in [-0.2, 0) is 0 Å². The van der Waals surface area contributed by atoms with Gasteiger partial charge in [-0.3, -0.25) is 4.90 Å². The van der Waals surface area contributed by atoms with Gasteiger partial charge in [-0.1, -0.05) is 39.0 Å². The Labute approximate surface area is 113 Å². The van der Waals surface area contributed by atoms with E-state index in [1.807, 2.05) is 0 Å². The van der Waals surface area contributed by atoms with Crippen LogP contribution in [0.5, 0.6) is 0 Å². The van der Waals surface area contributed by atoms with Gasteiger partial charge in [-0.05, 0) is 51.1 Å². The maximum Gasteiger partial charge on any atom is 0.0331 e. The first-order valence-electron chi connectivity index (χ1n) is 8.26. The van der Waals surface area contributed by atoms with E-state index in [-0.39, 0.29) is 0 Å². The molecule has 0 aromatic heterocycles. The van der Waals surface area contributed by atoms with Gasteiger partial charge >= 0.3 is 0 Å². The molecule has 0 amide bonds. The predicted octanol–water partition coefficient (Wildman–Crippen LogP) is 3.55. The summed E-state index contributed by atoms with van der Waals surface area (Å²) in [5.41, 5.74) is 6.55. The van der Waals surface area contributed by atoms with Gasteiger partial charge in [0.15, 0.2) is 0 Å². The predicted molar refractivity (Wildman–Crippen MR) is 78.7 cm³/mol. The van der Waals surface area contributed by atoms with E-state index in [4.69, 9.17) is 5.73 Å². The third-order valence-corrected chi connectivity index (χ3v) is 5.38. The fourth-order valence-electron chi connectivity index (χ4n) is 4.20. The average molecular weight is 252 g/mol. The first-order valence-corrected chi connectivity index (χ1v) is 8.26. The van der Waals surface area contributed by atoms with E-state index in [0.29, 0.717) is 5.54 Å². The quantitative estimate of drug-likeness (QED) is 0.829. The summed E-state index contributed by atoms with van der Waals surface area (Å²) in [4.78, 5) is 2.78. The van der Waals surface area contributed by atoms with Crippen molar-refractivity contribution in [3.8, 4) is 0 Å². The van der Waals surface area contributed by atoms with Gasteiger partial charge in [0.1, 0.15) is 0 Å². The molecule has 2 rings (SSSR count). The van der Waals surface area contributed by atoms with Crippen molar-refractivity contribution < 1.29 is 0 Å². The minimum atomic E-state index is 0.374. The normalized spacial score (nSPS) is 30.0. The molecule has 0 radical (unpaired) electrons. The van der Waals surface area contributed by atoms with E-state index in [1.54, 1.807) is 0 Å². The summed E-state index contributed by atoms with van der Waals surface area (Å²) in [6.07, 6.45) is 14.0. The van der Waals surface area contributed by atoms with E-state index in [0.717, 1.165) is 12.5 Å². The molecule has 2 fully saturated rings. The molecule has 2 heteroatoms. The Morgan fingerprint density at radius 1 is 1.06 bits per heavy atom. The second kappa shape index (κ2) is 6.91. The Hall–Kier alpha value is -0.0800. The van der Waals surface area contributed by atoms with Gasteiger partial charge in [0.25, 0.3) is 0 Å². The molecule has 2 aliphatic rings. The van der Waals surface area contributed by atoms with Crippen molar-refractivity contribution in [1.82, 2.24) is 4.90 Å². The van der Waals surface area contributed by atoms with E-state index >= 15 is 0 Å². The second-order valence-electron chi connectivity index (χ2n) is 6.56. The summed E-state index contributed by atoms with van der Waals surface area (Å²) in [7, 11) is 0. The molecule has 18 heavy (non-hydrogen) atoms. The summed E-state index contributed by atoms with van der Waals surface area (Å²) in [5.74, 6) is 0.985. The molecule has 2 N–H and O–H groups in total. The molecular weight excluding hydrogens is 220 g/mol. The Kier molecular flexibility index (Phi) is 5.50. The lowest BCUT2D eigenvalue weighted by atomic mass is 9.80. The molecule has 1 unspecified atom stereocenters. The zero-order chi connectivity index (χ0) is 12.8. The van der Waals surface area contributed by atoms with E-state index < -0.39 is 0 Å². The zero-order valence-corrected chi connectivity index (χ0v) is 12.3. The minimum absolute atomic E-state index is 0.374. The fraction of sp³-hybridized carbons (Fsp3) is 1.00. The topological polar surface area (TPSA) is 29.3 Å². The third kappa shape index (κ3) is 3.27. The Balaban J connectivity index is 1.94. The summed E-state index contributed by atoms with van der Waals surface area (Å²) >= 11 is 0. The van der Waals surface area contributed by atoms with Crippen molar-refractivity contribution in [2.24, 2.45) is 11.7 Å². The molecule has 0 aromatic rings. The van der Waals surface area contributed by atoms with Crippen molar-refractivity contribution in [3.63, 3.8) is 0 Å². The lowest BCUT2D eigenvalue weighted by Crippen LogP contribution is -2.55. The molecule has 0 bridgehead atoms. The maximum absolute atomic E-state index is 6.17. The van der Waals surface area contributed by atoms with Crippen LogP contribution in [0.15, 0.2) is 0 Å². The van der Waals surface area contributed by atoms with Gasteiger partial charge in [-0.15, -0.1) is 0 Å². The molecule has 0 spiro atoms. The van der Waals surface area contributed by atoms with Gasteiger partial charge in [0.05, 0.1) is 0 Å². The van der Waals surface area contributed by atoms with Gasteiger partial charge in [-0.25, -0.2) is 0 Å². The van der Waals surface area contributed by atoms with Crippen LogP contribution in [0.1, 0.15) is 71.1 Å². The van der Waals surface area contributed by atoms with Gasteiger partial charge in [0.2, 0.25) is 0 Å². The fourth-order valence-corrected chi connectivity index (χ4v) is 4.20. The van der Waals surface area contributed by atoms with Crippen molar-refractivity contribution >= 4 is 0 Å². The highest BCUT2D eigenvalue weighted by Crippen LogP contribution is 2.35. The highest BCUT2D eigenvalue weighted by atomic mass is 15.2. The van der Waals surface area contributed by atoms with E-state index in [2.05, 4.69) is 11.8 Å². The number of nitrogens with two attached hydrogens (primary N) is 1. The van der Waals surface area contributed by atoms with Crippen LogP contribution in [0.2, 0.25) is 0 Å². The molecule has 1 atom stereocenters. The molecule has 1 aliphatic heterocycles. The molecule has 106 valence electrons. The van der Waals surface area contributed by atoms with E-state index in [9.17, 15) is 0 Å². The van der Waals surface area contributed by atoms with Gasteiger partial charge in [-0.2, -0.15) is 0 Å². The average Bonchev–Trinajstić information content (AvgIpc) is 2.66. The summed E-state index contributed by atoms with van der Waals surface area (Å²) in [6.45, 7) is 5.82. The van der Waals surface area contributed by atoms with Gasteiger partial charge < -0.3 is 5.73 Å². The highest BCUT2D eigenvalue weighted by molar-refractivity contribution is 4.95. The maximum atomic E-state index is 6.17. The second-order valence-corrected chi connectivity index (χ2v) is 6.56. The summed E-state index contributed by atoms with van der Waals surface area (Å²) in [6, 6.07) is 0. The standard InChI is InChI=1S/C16H32N2/c1-2-7-15-8-6-12-18(13-9-15)16(14-17)10-4-3-5-11-16/h15H,2-14,17H2,1H3. The molecule has 0 aromatic carbocycles. The van der Waals surface area contributed by atoms with Crippen molar-refractivity contribution in [3.05, 3.63) is 0 Å². The number of hydrogen-bond acceptors (Lipinski definition) is 2. The lowest BCUT2D eigenvalue weighted by Gasteiger charge is -2.46. The van der Waals surface area contributed by atoms with Crippen molar-refractivity contribution in [2.45, 2.75) is 76.7 Å². The van der Waals surface area contributed by atoms with Crippen LogP contribution >= 0.6 is 0 Å². The molecule has 1 saturated carbocycles. The van der Waals surface area contributed by atoms with Crippen LogP contribution in [-0.4, -0.2) is 30.1 Å². The van der Waals surface area contributed by atoms with Crippen molar-refractivity contribution in [2.75, 3.05) is 19.6 Å². The highest BCUT2D eigenvalue weighted by Gasteiger charge is 2.37. The molecular formula is C16H32N2. The van der Waals surface area contributed by atoms with Crippen LogP contribution in [0.4, 0.5) is 0 Å². The Morgan fingerprint density at radius 2 is 1.83 bits per heavy atom. The number of rotatable bonds is 4. The van der Waals surface area contributed by atoms with Gasteiger partial charge in [0, 0.05) is 12.1 Å². The Morgan fingerprint density at radius 3 is 2.50 bits per heavy atom.